The lowest BCUT2D eigenvalue weighted by molar-refractivity contribution is -0.122. The standard InChI is InChI=1S/C26H26N2O6S/c1-4-33-26(30)20-7-5-6-8-21(20)27-25(29)24-16-28(22-15-18(3)11-14-23(22)34-24)35(31,32)19-12-9-17(2)10-13-19/h5-15,24H,4,16H2,1-3H3,(H,27,29)/t24-/m0/s1. The summed E-state index contributed by atoms with van der Waals surface area (Å²) in [6.45, 7) is 5.37. The number of nitrogens with one attached hydrogen (secondary N) is 1. The summed E-state index contributed by atoms with van der Waals surface area (Å²) in [6, 6.07) is 18.1. The second-order valence-corrected chi connectivity index (χ2v) is 10.0. The minimum absolute atomic E-state index is 0.115. The van der Waals surface area contributed by atoms with Crippen LogP contribution >= 0.6 is 0 Å². The van der Waals surface area contributed by atoms with Gasteiger partial charge in [0.1, 0.15) is 5.75 Å². The van der Waals surface area contributed by atoms with Crippen molar-refractivity contribution in [1.29, 1.82) is 0 Å². The first-order valence-corrected chi connectivity index (χ1v) is 12.6. The molecule has 182 valence electrons. The molecule has 0 fully saturated rings. The molecule has 1 atom stereocenters. The molecule has 9 heteroatoms. The zero-order valence-corrected chi connectivity index (χ0v) is 20.5. The fourth-order valence-electron chi connectivity index (χ4n) is 3.76. The van der Waals surface area contributed by atoms with Gasteiger partial charge in [0.25, 0.3) is 15.9 Å². The summed E-state index contributed by atoms with van der Waals surface area (Å²) in [6.07, 6.45) is -1.15. The van der Waals surface area contributed by atoms with Crippen molar-refractivity contribution in [2.45, 2.75) is 31.8 Å². The van der Waals surface area contributed by atoms with Crippen LogP contribution in [0.5, 0.6) is 5.75 Å². The number of hydrogen-bond donors (Lipinski definition) is 1. The van der Waals surface area contributed by atoms with Gasteiger partial charge in [-0.25, -0.2) is 13.2 Å². The summed E-state index contributed by atoms with van der Waals surface area (Å²) in [4.78, 5) is 25.6. The van der Waals surface area contributed by atoms with E-state index in [9.17, 15) is 18.0 Å². The molecule has 1 amide bonds. The Morgan fingerprint density at radius 1 is 1.03 bits per heavy atom. The number of hydrogen-bond acceptors (Lipinski definition) is 6. The number of carbonyl (C=O) groups excluding carboxylic acids is 2. The minimum Gasteiger partial charge on any atom is -0.476 e. The van der Waals surface area contributed by atoms with Gasteiger partial charge in [-0.15, -0.1) is 0 Å². The van der Waals surface area contributed by atoms with E-state index in [4.69, 9.17) is 9.47 Å². The molecule has 0 bridgehead atoms. The van der Waals surface area contributed by atoms with Crippen molar-refractivity contribution in [2.24, 2.45) is 0 Å². The van der Waals surface area contributed by atoms with Gasteiger partial charge in [0.15, 0.2) is 6.10 Å². The number of ether oxygens (including phenoxy) is 2. The van der Waals surface area contributed by atoms with Crippen LogP contribution in [0.25, 0.3) is 0 Å². The number of nitrogens with zero attached hydrogens (tertiary/aromatic N) is 1. The molecule has 4 rings (SSSR count). The summed E-state index contributed by atoms with van der Waals surface area (Å²) in [5.41, 5.74) is 2.59. The smallest absolute Gasteiger partial charge is 0.340 e. The highest BCUT2D eigenvalue weighted by molar-refractivity contribution is 7.92. The fourth-order valence-corrected chi connectivity index (χ4v) is 5.22. The van der Waals surface area contributed by atoms with Crippen LogP contribution in [0.2, 0.25) is 0 Å². The Morgan fingerprint density at radius 2 is 1.71 bits per heavy atom. The van der Waals surface area contributed by atoms with Crippen molar-refractivity contribution >= 4 is 33.3 Å². The molecule has 3 aromatic rings. The fraction of sp³-hybridized carbons (Fsp3) is 0.231. The van der Waals surface area contributed by atoms with Crippen LogP contribution in [0.3, 0.4) is 0 Å². The first kappa shape index (κ1) is 24.3. The highest BCUT2D eigenvalue weighted by Gasteiger charge is 2.38. The van der Waals surface area contributed by atoms with Gasteiger partial charge >= 0.3 is 5.97 Å². The van der Waals surface area contributed by atoms with Crippen LogP contribution < -0.4 is 14.4 Å². The van der Waals surface area contributed by atoms with Crippen LogP contribution in [0.4, 0.5) is 11.4 Å². The van der Waals surface area contributed by atoms with Gasteiger partial charge in [-0.3, -0.25) is 9.10 Å². The van der Waals surface area contributed by atoms with Crippen molar-refractivity contribution in [3.8, 4) is 5.75 Å². The lowest BCUT2D eigenvalue weighted by atomic mass is 10.1. The maximum atomic E-state index is 13.6. The molecule has 0 aliphatic carbocycles. The predicted molar refractivity (Wildman–Crippen MR) is 132 cm³/mol. The van der Waals surface area contributed by atoms with Crippen LogP contribution in [0.1, 0.15) is 28.4 Å². The van der Waals surface area contributed by atoms with E-state index >= 15 is 0 Å². The lowest BCUT2D eigenvalue weighted by Crippen LogP contribution is -2.49. The molecule has 0 unspecified atom stereocenters. The molecule has 1 aliphatic heterocycles. The topological polar surface area (TPSA) is 102 Å². The Kier molecular flexibility index (Phi) is 6.79. The molecule has 0 saturated heterocycles. The average molecular weight is 495 g/mol. The van der Waals surface area contributed by atoms with Crippen molar-refractivity contribution in [3.05, 3.63) is 83.4 Å². The Morgan fingerprint density at radius 3 is 2.43 bits per heavy atom. The molecule has 0 spiro atoms. The normalized spacial score (nSPS) is 15.1. The zero-order valence-electron chi connectivity index (χ0n) is 19.6. The average Bonchev–Trinajstić information content (AvgIpc) is 2.84. The molecule has 0 aromatic heterocycles. The van der Waals surface area contributed by atoms with Crippen molar-refractivity contribution in [3.63, 3.8) is 0 Å². The Labute approximate surface area is 204 Å². The van der Waals surface area contributed by atoms with Gasteiger partial charge in [0.2, 0.25) is 0 Å². The van der Waals surface area contributed by atoms with Gasteiger partial charge in [0.05, 0.1) is 35.0 Å². The van der Waals surface area contributed by atoms with E-state index < -0.39 is 28.0 Å². The monoisotopic (exact) mass is 494 g/mol. The lowest BCUT2D eigenvalue weighted by Gasteiger charge is -2.35. The third kappa shape index (κ3) is 5.00. The van der Waals surface area contributed by atoms with E-state index in [0.29, 0.717) is 5.69 Å². The quantitative estimate of drug-likeness (QED) is 0.518. The largest absolute Gasteiger partial charge is 0.476 e. The van der Waals surface area contributed by atoms with E-state index in [0.717, 1.165) is 11.1 Å². The number of sulfonamides is 1. The van der Waals surface area contributed by atoms with E-state index in [-0.39, 0.29) is 35.0 Å². The second-order valence-electron chi connectivity index (χ2n) is 8.18. The van der Waals surface area contributed by atoms with Gasteiger partial charge in [-0.1, -0.05) is 35.9 Å². The Bertz CT molecular complexity index is 1370. The molecule has 3 aromatic carbocycles. The highest BCUT2D eigenvalue weighted by Crippen LogP contribution is 2.38. The molecule has 35 heavy (non-hydrogen) atoms. The first-order valence-electron chi connectivity index (χ1n) is 11.1. The van der Waals surface area contributed by atoms with Crippen LogP contribution in [0, 0.1) is 13.8 Å². The van der Waals surface area contributed by atoms with Crippen molar-refractivity contribution in [2.75, 3.05) is 22.8 Å². The molecular weight excluding hydrogens is 468 g/mol. The number of para-hydroxylation sites is 1. The molecule has 8 nitrogen and oxygen atoms in total. The maximum absolute atomic E-state index is 13.6. The van der Waals surface area contributed by atoms with Crippen molar-refractivity contribution in [1.82, 2.24) is 0 Å². The van der Waals surface area contributed by atoms with Gasteiger partial charge < -0.3 is 14.8 Å². The number of rotatable bonds is 6. The van der Waals surface area contributed by atoms with Crippen LogP contribution in [0.15, 0.2) is 71.6 Å². The molecule has 0 saturated carbocycles. The van der Waals surface area contributed by atoms with Crippen LogP contribution in [-0.4, -0.2) is 39.5 Å². The summed E-state index contributed by atoms with van der Waals surface area (Å²) in [5, 5.41) is 2.69. The molecule has 1 heterocycles. The van der Waals surface area contributed by atoms with Crippen LogP contribution in [-0.2, 0) is 19.6 Å². The SMILES string of the molecule is CCOC(=O)c1ccccc1NC(=O)[C@@H]1CN(S(=O)(=O)c2ccc(C)cc2)c2cc(C)ccc2O1. The number of carbonyl (C=O) groups is 2. The maximum Gasteiger partial charge on any atom is 0.340 e. The summed E-state index contributed by atoms with van der Waals surface area (Å²) >= 11 is 0. The Hall–Kier alpha value is -3.85. The van der Waals surface area contributed by atoms with Gasteiger partial charge in [-0.2, -0.15) is 0 Å². The first-order chi connectivity index (χ1) is 16.7. The molecule has 0 radical (unpaired) electrons. The number of esters is 1. The van der Waals surface area contributed by atoms with E-state index in [1.165, 1.54) is 4.31 Å². The summed E-state index contributed by atoms with van der Waals surface area (Å²) in [5.74, 6) is -0.884. The van der Waals surface area contributed by atoms with Gasteiger partial charge in [0, 0.05) is 0 Å². The number of amides is 1. The molecule has 1 aliphatic rings. The van der Waals surface area contributed by atoms with Gasteiger partial charge in [-0.05, 0) is 62.7 Å². The highest BCUT2D eigenvalue weighted by atomic mass is 32.2. The zero-order chi connectivity index (χ0) is 25.2. The number of aryl methyl sites for hydroxylation is 2. The molecule has 1 N–H and O–H groups in total. The van der Waals surface area contributed by atoms with E-state index in [1.54, 1.807) is 73.7 Å². The predicted octanol–water partition coefficient (Wildman–Crippen LogP) is 4.08. The van der Waals surface area contributed by atoms with E-state index in [2.05, 4.69) is 5.32 Å². The summed E-state index contributed by atoms with van der Waals surface area (Å²) in [7, 11) is -3.98. The number of anilines is 2. The Balaban J connectivity index is 1.67. The van der Waals surface area contributed by atoms with E-state index in [1.807, 2.05) is 13.8 Å². The number of fused-ring (bicyclic) bond motifs is 1. The molecular formula is C26H26N2O6S. The minimum atomic E-state index is -3.98. The second kappa shape index (κ2) is 9.79. The number of benzene rings is 3. The third-order valence-electron chi connectivity index (χ3n) is 5.57. The van der Waals surface area contributed by atoms with Crippen molar-refractivity contribution < 1.29 is 27.5 Å². The third-order valence-corrected chi connectivity index (χ3v) is 7.36. The summed E-state index contributed by atoms with van der Waals surface area (Å²) < 4.78 is 39.4.